The van der Waals surface area contributed by atoms with Crippen molar-refractivity contribution in [2.45, 2.75) is 45.5 Å². The fraction of sp³-hybridized carbons (Fsp3) is 0.357. The number of carbonyl (C=O) groups is 1. The Balaban J connectivity index is 1.32. The molecule has 1 fully saturated rings. The molecule has 0 aliphatic carbocycles. The van der Waals surface area contributed by atoms with Crippen LogP contribution in [0, 0.1) is 0 Å². The van der Waals surface area contributed by atoms with Gasteiger partial charge in [-0.15, -0.1) is 0 Å². The number of hydrogen-bond acceptors (Lipinski definition) is 11. The van der Waals surface area contributed by atoms with Gasteiger partial charge in [-0.1, -0.05) is 11.6 Å². The average Bonchev–Trinajstić information content (AvgIpc) is 3.41. The maximum absolute atomic E-state index is 12.5. The molecule has 4 aromatic rings. The lowest BCUT2D eigenvalue weighted by Gasteiger charge is -2.24. The molecule has 13 heteroatoms. The Kier molecular flexibility index (Phi) is 8.20. The Morgan fingerprint density at radius 3 is 2.73 bits per heavy atom. The van der Waals surface area contributed by atoms with Crippen molar-refractivity contribution in [3.05, 3.63) is 59.9 Å². The molecule has 1 aliphatic heterocycles. The SMILES string of the molecule is COc1cc2ncnc(Nc3ccc(OCc4cnccn4)c(Cl)c3)c2nc1O[C@H]1CCN(C(=O)OC(C)(C)C)C1. The van der Waals surface area contributed by atoms with Gasteiger partial charge in [0.2, 0.25) is 0 Å². The third-order valence-corrected chi connectivity index (χ3v) is 6.32. The molecule has 1 atom stereocenters. The number of methoxy groups -OCH3 is 1. The summed E-state index contributed by atoms with van der Waals surface area (Å²) < 4.78 is 23.0. The first-order valence-corrected chi connectivity index (χ1v) is 13.3. The number of nitrogens with zero attached hydrogens (tertiary/aromatic N) is 6. The molecule has 4 heterocycles. The van der Waals surface area contributed by atoms with Crippen molar-refractivity contribution in [1.82, 2.24) is 29.8 Å². The molecule has 1 N–H and O–H groups in total. The molecule has 0 bridgehead atoms. The van der Waals surface area contributed by atoms with E-state index in [-0.39, 0.29) is 24.7 Å². The van der Waals surface area contributed by atoms with Gasteiger partial charge in [0.05, 0.1) is 36.1 Å². The number of ether oxygens (including phenoxy) is 4. The number of amides is 1. The summed E-state index contributed by atoms with van der Waals surface area (Å²) in [5, 5.41) is 3.66. The first kappa shape index (κ1) is 28.1. The zero-order chi connectivity index (χ0) is 29.0. The monoisotopic (exact) mass is 579 g/mol. The highest BCUT2D eigenvalue weighted by atomic mass is 35.5. The van der Waals surface area contributed by atoms with Gasteiger partial charge in [-0.2, -0.15) is 0 Å². The molecule has 1 aliphatic rings. The highest BCUT2D eigenvalue weighted by Gasteiger charge is 2.32. The Morgan fingerprint density at radius 2 is 2.00 bits per heavy atom. The van der Waals surface area contributed by atoms with Crippen LogP contribution in [0.1, 0.15) is 32.9 Å². The fourth-order valence-corrected chi connectivity index (χ4v) is 4.37. The van der Waals surface area contributed by atoms with Crippen molar-refractivity contribution >= 4 is 40.2 Å². The number of anilines is 2. The predicted molar refractivity (Wildman–Crippen MR) is 152 cm³/mol. The van der Waals surface area contributed by atoms with Crippen LogP contribution in [0.4, 0.5) is 16.3 Å². The standard InChI is InChI=1S/C28H30ClN7O5/c1-28(2,3)41-27(37)36-10-7-19(14-36)40-26-23(38-4)12-21-24(35-26)25(33-16-32-21)34-17-5-6-22(20(29)11-17)39-15-18-13-30-8-9-31-18/h5-6,8-9,11-13,16,19H,7,10,14-15H2,1-4H3,(H,32,33,34)/t19-/m0/s1. The van der Waals surface area contributed by atoms with Crippen LogP contribution in [0.5, 0.6) is 17.4 Å². The number of rotatable bonds is 8. The zero-order valence-electron chi connectivity index (χ0n) is 23.1. The van der Waals surface area contributed by atoms with E-state index < -0.39 is 5.60 Å². The van der Waals surface area contributed by atoms with E-state index in [0.717, 1.165) is 0 Å². The fourth-order valence-electron chi connectivity index (χ4n) is 4.14. The summed E-state index contributed by atoms with van der Waals surface area (Å²) in [6.07, 6.45) is 6.24. The lowest BCUT2D eigenvalue weighted by Crippen LogP contribution is -2.36. The zero-order valence-corrected chi connectivity index (χ0v) is 23.9. The van der Waals surface area contributed by atoms with Crippen LogP contribution in [0.25, 0.3) is 11.0 Å². The number of aromatic nitrogens is 5. The van der Waals surface area contributed by atoms with Crippen molar-refractivity contribution in [2.75, 3.05) is 25.5 Å². The van der Waals surface area contributed by atoms with Crippen molar-refractivity contribution < 1.29 is 23.7 Å². The maximum atomic E-state index is 12.5. The summed E-state index contributed by atoms with van der Waals surface area (Å²) in [5.41, 5.74) is 1.82. The number of benzene rings is 1. The van der Waals surface area contributed by atoms with Crippen molar-refractivity contribution in [3.8, 4) is 17.4 Å². The molecule has 1 amide bonds. The second-order valence-corrected chi connectivity index (χ2v) is 10.7. The number of halogens is 1. The third kappa shape index (κ3) is 7.01. The van der Waals surface area contributed by atoms with Crippen LogP contribution in [0.3, 0.4) is 0 Å². The van der Waals surface area contributed by atoms with Crippen LogP contribution < -0.4 is 19.5 Å². The number of nitrogens with one attached hydrogen (secondary N) is 1. The van der Waals surface area contributed by atoms with E-state index in [1.807, 2.05) is 26.8 Å². The Hall–Kier alpha value is -4.45. The van der Waals surface area contributed by atoms with Crippen molar-refractivity contribution in [2.24, 2.45) is 0 Å². The molecule has 0 unspecified atom stereocenters. The van der Waals surface area contributed by atoms with E-state index in [0.29, 0.717) is 64.3 Å². The second kappa shape index (κ2) is 12.0. The molecule has 0 spiro atoms. The van der Waals surface area contributed by atoms with E-state index >= 15 is 0 Å². The molecule has 0 radical (unpaired) electrons. The van der Waals surface area contributed by atoms with E-state index in [1.54, 1.807) is 41.7 Å². The van der Waals surface area contributed by atoms with Crippen LogP contribution in [-0.4, -0.2) is 67.8 Å². The minimum atomic E-state index is -0.572. The van der Waals surface area contributed by atoms with Crippen LogP contribution in [0.15, 0.2) is 49.2 Å². The van der Waals surface area contributed by atoms with Gasteiger partial charge in [-0.05, 0) is 39.0 Å². The molecule has 1 aromatic carbocycles. The topological polar surface area (TPSA) is 134 Å². The molecule has 12 nitrogen and oxygen atoms in total. The van der Waals surface area contributed by atoms with Gasteiger partial charge in [0, 0.05) is 37.1 Å². The normalized spacial score (nSPS) is 15.0. The highest BCUT2D eigenvalue weighted by Crippen LogP contribution is 2.34. The Labute approximate surface area is 242 Å². The maximum Gasteiger partial charge on any atom is 0.410 e. The van der Waals surface area contributed by atoms with Crippen LogP contribution in [-0.2, 0) is 11.3 Å². The summed E-state index contributed by atoms with van der Waals surface area (Å²) in [6, 6.07) is 7.04. The molecule has 214 valence electrons. The quantitative estimate of drug-likeness (QED) is 0.295. The minimum absolute atomic E-state index is 0.238. The first-order chi connectivity index (χ1) is 19.7. The van der Waals surface area contributed by atoms with Gasteiger partial charge >= 0.3 is 6.09 Å². The average molecular weight is 580 g/mol. The van der Waals surface area contributed by atoms with E-state index in [4.69, 9.17) is 35.5 Å². The first-order valence-electron chi connectivity index (χ1n) is 13.0. The molecule has 41 heavy (non-hydrogen) atoms. The Bertz CT molecular complexity index is 1530. The molecule has 1 saturated heterocycles. The third-order valence-electron chi connectivity index (χ3n) is 6.02. The number of pyridine rings is 1. The van der Waals surface area contributed by atoms with Crippen molar-refractivity contribution in [3.63, 3.8) is 0 Å². The lowest BCUT2D eigenvalue weighted by atomic mass is 10.2. The largest absolute Gasteiger partial charge is 0.491 e. The van der Waals surface area contributed by atoms with Gasteiger partial charge in [-0.3, -0.25) is 9.97 Å². The number of likely N-dealkylation sites (tertiary alicyclic amines) is 1. The van der Waals surface area contributed by atoms with Gasteiger partial charge in [0.1, 0.15) is 35.9 Å². The molecule has 0 saturated carbocycles. The van der Waals surface area contributed by atoms with Gasteiger partial charge in [-0.25, -0.2) is 19.7 Å². The summed E-state index contributed by atoms with van der Waals surface area (Å²) in [4.78, 5) is 35.8. The van der Waals surface area contributed by atoms with Gasteiger partial charge in [0.25, 0.3) is 5.88 Å². The Morgan fingerprint density at radius 1 is 1.15 bits per heavy atom. The smallest absolute Gasteiger partial charge is 0.410 e. The number of carbonyl (C=O) groups excluding carboxylic acids is 1. The number of hydrogen-bond donors (Lipinski definition) is 1. The number of fused-ring (bicyclic) bond motifs is 1. The van der Waals surface area contributed by atoms with Crippen molar-refractivity contribution in [1.29, 1.82) is 0 Å². The summed E-state index contributed by atoms with van der Waals surface area (Å²) in [7, 11) is 1.54. The predicted octanol–water partition coefficient (Wildman–Crippen LogP) is 5.19. The molecule has 3 aromatic heterocycles. The van der Waals surface area contributed by atoms with Crippen LogP contribution in [0.2, 0.25) is 5.02 Å². The summed E-state index contributed by atoms with van der Waals surface area (Å²) in [5.74, 6) is 1.66. The minimum Gasteiger partial charge on any atom is -0.491 e. The van der Waals surface area contributed by atoms with Gasteiger partial charge in [0.15, 0.2) is 11.6 Å². The molecular weight excluding hydrogens is 550 g/mol. The van der Waals surface area contributed by atoms with Crippen LogP contribution >= 0.6 is 11.6 Å². The summed E-state index contributed by atoms with van der Waals surface area (Å²) >= 11 is 6.49. The second-order valence-electron chi connectivity index (χ2n) is 10.3. The van der Waals surface area contributed by atoms with E-state index in [9.17, 15) is 4.79 Å². The van der Waals surface area contributed by atoms with E-state index in [1.165, 1.54) is 13.4 Å². The summed E-state index contributed by atoms with van der Waals surface area (Å²) in [6.45, 7) is 6.64. The highest BCUT2D eigenvalue weighted by molar-refractivity contribution is 6.32. The van der Waals surface area contributed by atoms with Gasteiger partial charge < -0.3 is 29.2 Å². The van der Waals surface area contributed by atoms with E-state index in [2.05, 4.69) is 25.3 Å². The molecule has 5 rings (SSSR count). The lowest BCUT2D eigenvalue weighted by molar-refractivity contribution is 0.0274. The molecular formula is C28H30ClN7O5.